The lowest BCUT2D eigenvalue weighted by atomic mass is 10.1. The first kappa shape index (κ1) is 19.6. The molecule has 0 atom stereocenters. The van der Waals surface area contributed by atoms with E-state index in [0.29, 0.717) is 16.3 Å². The van der Waals surface area contributed by atoms with E-state index in [9.17, 15) is 14.9 Å². The van der Waals surface area contributed by atoms with Crippen LogP contribution in [0.15, 0.2) is 47.6 Å². The van der Waals surface area contributed by atoms with Crippen molar-refractivity contribution in [1.82, 2.24) is 5.43 Å². The monoisotopic (exact) mass is 402 g/mol. The van der Waals surface area contributed by atoms with Gasteiger partial charge in [-0.3, -0.25) is 14.9 Å². The van der Waals surface area contributed by atoms with Crippen molar-refractivity contribution in [1.29, 1.82) is 0 Å². The predicted molar refractivity (Wildman–Crippen MR) is 107 cm³/mol. The molecule has 146 valence electrons. The molecule has 0 unspecified atom stereocenters. The van der Waals surface area contributed by atoms with E-state index in [4.69, 9.17) is 16.3 Å². The molecule has 0 bridgehead atoms. The van der Waals surface area contributed by atoms with Crippen molar-refractivity contribution in [2.75, 3.05) is 24.6 Å². The van der Waals surface area contributed by atoms with Crippen LogP contribution in [0.2, 0.25) is 5.02 Å². The quantitative estimate of drug-likeness (QED) is 0.435. The Hall–Kier alpha value is -3.13. The van der Waals surface area contributed by atoms with Crippen LogP contribution < -0.4 is 15.1 Å². The van der Waals surface area contributed by atoms with Gasteiger partial charge in [0.05, 0.1) is 11.1 Å². The number of benzene rings is 2. The number of halogens is 1. The molecule has 28 heavy (non-hydrogen) atoms. The summed E-state index contributed by atoms with van der Waals surface area (Å²) >= 11 is 5.86. The fourth-order valence-corrected chi connectivity index (χ4v) is 3.10. The van der Waals surface area contributed by atoms with Crippen LogP contribution in [0.3, 0.4) is 0 Å². The number of amides is 1. The molecular formula is C19H19ClN4O4. The molecule has 1 aliphatic rings. The molecule has 1 aliphatic heterocycles. The van der Waals surface area contributed by atoms with Crippen molar-refractivity contribution >= 4 is 35.1 Å². The second-order valence-corrected chi connectivity index (χ2v) is 6.67. The molecule has 1 heterocycles. The zero-order valence-corrected chi connectivity index (χ0v) is 15.8. The van der Waals surface area contributed by atoms with Crippen molar-refractivity contribution in [2.45, 2.75) is 12.8 Å². The number of hydrogen-bond acceptors (Lipinski definition) is 6. The number of nitro groups is 1. The Bertz CT molecular complexity index is 897. The average molecular weight is 403 g/mol. The Labute approximate surface area is 166 Å². The van der Waals surface area contributed by atoms with E-state index in [1.54, 1.807) is 30.3 Å². The minimum absolute atomic E-state index is 0.0278. The van der Waals surface area contributed by atoms with Crippen LogP contribution in [-0.2, 0) is 4.79 Å². The second-order valence-electron chi connectivity index (χ2n) is 6.23. The molecule has 2 aromatic rings. The number of non-ortho nitro benzene ring substituents is 1. The Morgan fingerprint density at radius 3 is 2.79 bits per heavy atom. The van der Waals surface area contributed by atoms with Crippen LogP contribution in [-0.4, -0.2) is 36.7 Å². The number of hydrazone groups is 1. The molecule has 1 amide bonds. The highest BCUT2D eigenvalue weighted by Crippen LogP contribution is 2.27. The third-order valence-electron chi connectivity index (χ3n) is 4.23. The molecule has 1 fully saturated rings. The van der Waals surface area contributed by atoms with E-state index in [1.807, 2.05) is 0 Å². The number of nitrogens with zero attached hydrogens (tertiary/aromatic N) is 3. The molecule has 0 aliphatic carbocycles. The van der Waals surface area contributed by atoms with Crippen molar-refractivity contribution in [2.24, 2.45) is 5.10 Å². The van der Waals surface area contributed by atoms with Gasteiger partial charge in [-0.2, -0.15) is 5.10 Å². The lowest BCUT2D eigenvalue weighted by Crippen LogP contribution is -2.25. The van der Waals surface area contributed by atoms with Gasteiger partial charge >= 0.3 is 0 Å². The summed E-state index contributed by atoms with van der Waals surface area (Å²) in [5.41, 5.74) is 3.77. The Morgan fingerprint density at radius 2 is 2.07 bits per heavy atom. The molecule has 0 aromatic heterocycles. The SMILES string of the molecule is O=C(COc1cccc(Cl)c1)N/N=C\c1cc([N+](=O)[O-])ccc1N1CCCC1. The van der Waals surface area contributed by atoms with E-state index < -0.39 is 10.8 Å². The lowest BCUT2D eigenvalue weighted by Gasteiger charge is -2.19. The van der Waals surface area contributed by atoms with Crippen molar-refractivity contribution < 1.29 is 14.5 Å². The van der Waals surface area contributed by atoms with Crippen molar-refractivity contribution in [3.05, 3.63) is 63.2 Å². The second kappa shape index (κ2) is 9.18. The summed E-state index contributed by atoms with van der Waals surface area (Å²) in [6.07, 6.45) is 3.56. The highest BCUT2D eigenvalue weighted by atomic mass is 35.5. The van der Waals surface area contributed by atoms with Crippen LogP contribution in [0.5, 0.6) is 5.75 Å². The number of nitro benzene ring substituents is 1. The molecule has 9 heteroatoms. The number of carbonyl (C=O) groups excluding carboxylic acids is 1. The summed E-state index contributed by atoms with van der Waals surface area (Å²) in [6, 6.07) is 11.4. The van der Waals surface area contributed by atoms with Gasteiger partial charge in [0.15, 0.2) is 6.61 Å². The number of hydrogen-bond donors (Lipinski definition) is 1. The van der Waals surface area contributed by atoms with Crippen molar-refractivity contribution in [3.63, 3.8) is 0 Å². The van der Waals surface area contributed by atoms with Gasteiger partial charge in [0, 0.05) is 41.5 Å². The van der Waals surface area contributed by atoms with Gasteiger partial charge in [-0.05, 0) is 37.1 Å². The molecule has 0 spiro atoms. The molecular weight excluding hydrogens is 384 g/mol. The van der Waals surface area contributed by atoms with E-state index in [2.05, 4.69) is 15.4 Å². The van der Waals surface area contributed by atoms with Gasteiger partial charge in [0.2, 0.25) is 0 Å². The van der Waals surface area contributed by atoms with Crippen LogP contribution in [0.25, 0.3) is 0 Å². The highest BCUT2D eigenvalue weighted by Gasteiger charge is 2.18. The molecule has 1 saturated heterocycles. The normalized spacial score (nSPS) is 13.7. The third-order valence-corrected chi connectivity index (χ3v) is 4.46. The number of ether oxygens (including phenoxy) is 1. The predicted octanol–water partition coefficient (Wildman–Crippen LogP) is 3.38. The molecule has 0 radical (unpaired) electrons. The summed E-state index contributed by atoms with van der Waals surface area (Å²) < 4.78 is 5.34. The average Bonchev–Trinajstić information content (AvgIpc) is 3.21. The summed E-state index contributed by atoms with van der Waals surface area (Å²) in [5, 5.41) is 15.5. The van der Waals surface area contributed by atoms with E-state index >= 15 is 0 Å². The van der Waals surface area contributed by atoms with Gasteiger partial charge in [-0.25, -0.2) is 5.43 Å². The summed E-state index contributed by atoms with van der Waals surface area (Å²) in [4.78, 5) is 24.7. The molecule has 2 aromatic carbocycles. The molecule has 3 rings (SSSR count). The van der Waals surface area contributed by atoms with Crippen LogP contribution >= 0.6 is 11.6 Å². The maximum absolute atomic E-state index is 11.9. The number of rotatable bonds is 7. The molecule has 1 N–H and O–H groups in total. The maximum Gasteiger partial charge on any atom is 0.277 e. The topological polar surface area (TPSA) is 97.1 Å². The fourth-order valence-electron chi connectivity index (χ4n) is 2.92. The number of carbonyl (C=O) groups is 1. The summed E-state index contributed by atoms with van der Waals surface area (Å²) in [5.74, 6) is 0.0195. The van der Waals surface area contributed by atoms with Crippen LogP contribution in [0.4, 0.5) is 11.4 Å². The zero-order valence-electron chi connectivity index (χ0n) is 15.0. The Balaban J connectivity index is 1.64. The summed E-state index contributed by atoms with van der Waals surface area (Å²) in [6.45, 7) is 1.54. The van der Waals surface area contributed by atoms with Gasteiger partial charge in [0.25, 0.3) is 11.6 Å². The molecule has 8 nitrogen and oxygen atoms in total. The first-order chi connectivity index (χ1) is 13.5. The van der Waals surface area contributed by atoms with Gasteiger partial charge in [0.1, 0.15) is 5.75 Å². The number of nitrogens with one attached hydrogen (secondary N) is 1. The van der Waals surface area contributed by atoms with Gasteiger partial charge in [-0.1, -0.05) is 17.7 Å². The first-order valence-electron chi connectivity index (χ1n) is 8.76. The van der Waals surface area contributed by atoms with E-state index in [1.165, 1.54) is 18.3 Å². The van der Waals surface area contributed by atoms with Gasteiger partial charge in [-0.15, -0.1) is 0 Å². The first-order valence-corrected chi connectivity index (χ1v) is 9.14. The van der Waals surface area contributed by atoms with Crippen LogP contribution in [0, 0.1) is 10.1 Å². The molecule has 0 saturated carbocycles. The van der Waals surface area contributed by atoms with Crippen LogP contribution in [0.1, 0.15) is 18.4 Å². The highest BCUT2D eigenvalue weighted by molar-refractivity contribution is 6.30. The van der Waals surface area contributed by atoms with E-state index in [-0.39, 0.29) is 12.3 Å². The van der Waals surface area contributed by atoms with E-state index in [0.717, 1.165) is 31.6 Å². The Morgan fingerprint density at radius 1 is 1.29 bits per heavy atom. The largest absolute Gasteiger partial charge is 0.484 e. The van der Waals surface area contributed by atoms with Crippen molar-refractivity contribution in [3.8, 4) is 5.75 Å². The minimum atomic E-state index is -0.456. The fraction of sp³-hybridized carbons (Fsp3) is 0.263. The lowest BCUT2D eigenvalue weighted by molar-refractivity contribution is -0.384. The maximum atomic E-state index is 11.9. The Kier molecular flexibility index (Phi) is 6.44. The number of anilines is 1. The smallest absolute Gasteiger partial charge is 0.277 e. The standard InChI is InChI=1S/C19H19ClN4O4/c20-15-4-3-5-17(11-15)28-13-19(25)22-21-12-14-10-16(24(26)27)6-7-18(14)23-8-1-2-9-23/h3-7,10-12H,1-2,8-9,13H2,(H,22,25)/b21-12-. The zero-order chi connectivity index (χ0) is 19.9. The third kappa shape index (κ3) is 5.20. The summed E-state index contributed by atoms with van der Waals surface area (Å²) in [7, 11) is 0. The minimum Gasteiger partial charge on any atom is -0.484 e. The van der Waals surface area contributed by atoms with Gasteiger partial charge < -0.3 is 9.64 Å².